The van der Waals surface area contributed by atoms with Gasteiger partial charge in [-0.25, -0.2) is 4.79 Å². The maximum atomic E-state index is 13.1. The van der Waals surface area contributed by atoms with E-state index in [0.29, 0.717) is 22.2 Å². The smallest absolute Gasteiger partial charge is 0.349 e. The van der Waals surface area contributed by atoms with Gasteiger partial charge in [0, 0.05) is 17.3 Å². The van der Waals surface area contributed by atoms with Crippen LogP contribution in [-0.2, 0) is 6.54 Å². The minimum Gasteiger partial charge on any atom is -0.508 e. The van der Waals surface area contributed by atoms with E-state index in [1.807, 2.05) is 0 Å². The zero-order valence-electron chi connectivity index (χ0n) is 15.0. The van der Waals surface area contributed by atoms with Crippen LogP contribution in [0.25, 0.3) is 33.0 Å². The lowest BCUT2D eigenvalue weighted by Crippen LogP contribution is -2.27. The Bertz CT molecular complexity index is 1300. The molecule has 0 aliphatic carbocycles. The maximum Gasteiger partial charge on any atom is 0.349 e. The molecule has 0 radical (unpaired) electrons. The van der Waals surface area contributed by atoms with Crippen LogP contribution in [-0.4, -0.2) is 28.5 Å². The van der Waals surface area contributed by atoms with Gasteiger partial charge in [-0.3, -0.25) is 4.79 Å². The number of hydrogen-bond acceptors (Lipinski definition) is 6. The van der Waals surface area contributed by atoms with Crippen molar-refractivity contribution in [3.05, 3.63) is 69.3 Å². The second-order valence-corrected chi connectivity index (χ2v) is 6.30. The van der Waals surface area contributed by atoms with Gasteiger partial charge in [-0.1, -0.05) is 0 Å². The summed E-state index contributed by atoms with van der Waals surface area (Å²) in [5.74, 6) is 0.657. The lowest BCUT2D eigenvalue weighted by atomic mass is 10.0. The fraction of sp³-hybridized carbons (Fsp3) is 0.143. The number of benzene rings is 2. The molecule has 4 aromatic rings. The van der Waals surface area contributed by atoms with Crippen molar-refractivity contribution in [3.8, 4) is 22.8 Å². The highest BCUT2D eigenvalue weighted by atomic mass is 16.5. The Kier molecular flexibility index (Phi) is 4.37. The summed E-state index contributed by atoms with van der Waals surface area (Å²) in [6, 6.07) is 13.2. The predicted octanol–water partition coefficient (Wildman–Crippen LogP) is 2.48. The topological polar surface area (TPSA) is 102 Å². The average Bonchev–Trinajstić information content (AvgIpc) is 2.70. The number of nitrogens with zero attached hydrogens (tertiary/aromatic N) is 1. The van der Waals surface area contributed by atoms with Crippen LogP contribution >= 0.6 is 0 Å². The monoisotopic (exact) mass is 379 g/mol. The second-order valence-electron chi connectivity index (χ2n) is 6.30. The third kappa shape index (κ3) is 2.82. The number of pyridine rings is 1. The molecule has 0 unspecified atom stereocenters. The van der Waals surface area contributed by atoms with Gasteiger partial charge >= 0.3 is 5.63 Å². The molecule has 142 valence electrons. The van der Waals surface area contributed by atoms with Gasteiger partial charge in [-0.2, -0.15) is 0 Å². The van der Waals surface area contributed by atoms with Crippen molar-refractivity contribution < 1.29 is 19.4 Å². The molecular formula is C21H17NO6. The highest BCUT2D eigenvalue weighted by Crippen LogP contribution is 2.29. The summed E-state index contributed by atoms with van der Waals surface area (Å²) in [7, 11) is 1.56. The average molecular weight is 379 g/mol. The molecule has 2 aromatic carbocycles. The van der Waals surface area contributed by atoms with Gasteiger partial charge in [0.15, 0.2) is 0 Å². The summed E-state index contributed by atoms with van der Waals surface area (Å²) < 4.78 is 11.8. The van der Waals surface area contributed by atoms with E-state index in [2.05, 4.69) is 0 Å². The molecular weight excluding hydrogens is 362 g/mol. The number of aromatic nitrogens is 1. The molecule has 0 saturated heterocycles. The van der Waals surface area contributed by atoms with Crippen LogP contribution < -0.4 is 15.9 Å². The molecule has 7 heteroatoms. The Labute approximate surface area is 158 Å². The molecule has 0 saturated carbocycles. The highest BCUT2D eigenvalue weighted by molar-refractivity contribution is 6.05. The van der Waals surface area contributed by atoms with Gasteiger partial charge in [0.05, 0.1) is 19.4 Å². The Hall–Kier alpha value is -3.58. The molecule has 2 heterocycles. The van der Waals surface area contributed by atoms with Crippen LogP contribution in [0.1, 0.15) is 0 Å². The SMILES string of the molecule is COc1ccc(-c2cc3c(c(=O)oc4ccc(O)cc43)c(=O)n2CCO)cc1. The van der Waals surface area contributed by atoms with Gasteiger partial charge in [0.25, 0.3) is 5.56 Å². The van der Waals surface area contributed by atoms with E-state index in [-0.39, 0.29) is 29.9 Å². The molecule has 0 aliphatic rings. The second kappa shape index (κ2) is 6.86. The minimum atomic E-state index is -0.758. The number of aliphatic hydroxyl groups excluding tert-OH is 1. The Morgan fingerprint density at radius 3 is 2.46 bits per heavy atom. The lowest BCUT2D eigenvalue weighted by molar-refractivity contribution is 0.275. The quantitative estimate of drug-likeness (QED) is 0.417. The standard InChI is InChI=1S/C21H17NO6/c1-27-14-5-2-12(3-6-14)17-11-16-15-10-13(24)4-7-18(15)28-21(26)19(16)20(25)22(17)8-9-23/h2-7,10-11,23-24H,8-9H2,1H3. The van der Waals surface area contributed by atoms with Crippen molar-refractivity contribution in [2.24, 2.45) is 0 Å². The van der Waals surface area contributed by atoms with Crippen molar-refractivity contribution in [3.63, 3.8) is 0 Å². The van der Waals surface area contributed by atoms with E-state index < -0.39 is 11.2 Å². The first-order chi connectivity index (χ1) is 13.5. The van der Waals surface area contributed by atoms with E-state index in [1.54, 1.807) is 37.4 Å². The van der Waals surface area contributed by atoms with Crippen molar-refractivity contribution in [1.82, 2.24) is 4.57 Å². The normalized spacial score (nSPS) is 11.2. The first-order valence-electron chi connectivity index (χ1n) is 8.62. The number of phenolic OH excluding ortho intramolecular Hbond substituents is 1. The lowest BCUT2D eigenvalue weighted by Gasteiger charge is -2.14. The van der Waals surface area contributed by atoms with Crippen molar-refractivity contribution in [2.45, 2.75) is 6.54 Å². The fourth-order valence-electron chi connectivity index (χ4n) is 3.35. The Balaban J connectivity index is 2.14. The molecule has 0 aliphatic heterocycles. The van der Waals surface area contributed by atoms with Crippen molar-refractivity contribution in [1.29, 1.82) is 0 Å². The van der Waals surface area contributed by atoms with Crippen LogP contribution in [0.5, 0.6) is 11.5 Å². The Morgan fingerprint density at radius 1 is 1.04 bits per heavy atom. The molecule has 0 spiro atoms. The maximum absolute atomic E-state index is 13.1. The minimum absolute atomic E-state index is 0.00631. The number of phenols is 1. The predicted molar refractivity (Wildman–Crippen MR) is 105 cm³/mol. The van der Waals surface area contributed by atoms with E-state index in [9.17, 15) is 19.8 Å². The van der Waals surface area contributed by atoms with Crippen molar-refractivity contribution in [2.75, 3.05) is 13.7 Å². The zero-order chi connectivity index (χ0) is 19.8. The number of ether oxygens (including phenoxy) is 1. The number of aliphatic hydroxyl groups is 1. The van der Waals surface area contributed by atoms with Gasteiger partial charge in [-0.05, 0) is 54.1 Å². The molecule has 2 N–H and O–H groups in total. The summed E-state index contributed by atoms with van der Waals surface area (Å²) in [4.78, 5) is 25.6. The van der Waals surface area contributed by atoms with Crippen LogP contribution in [0, 0.1) is 0 Å². The van der Waals surface area contributed by atoms with E-state index >= 15 is 0 Å². The largest absolute Gasteiger partial charge is 0.508 e. The first-order valence-corrected chi connectivity index (χ1v) is 8.62. The molecule has 28 heavy (non-hydrogen) atoms. The van der Waals surface area contributed by atoms with Crippen LogP contribution in [0.2, 0.25) is 0 Å². The Morgan fingerprint density at radius 2 is 1.79 bits per heavy atom. The summed E-state index contributed by atoms with van der Waals surface area (Å²) in [5.41, 5.74) is 0.206. The molecule has 0 atom stereocenters. The van der Waals surface area contributed by atoms with Crippen LogP contribution in [0.4, 0.5) is 0 Å². The van der Waals surface area contributed by atoms with Gasteiger partial charge in [0.2, 0.25) is 0 Å². The van der Waals surface area contributed by atoms with E-state index in [1.165, 1.54) is 22.8 Å². The fourth-order valence-corrected chi connectivity index (χ4v) is 3.35. The van der Waals surface area contributed by atoms with Gasteiger partial charge in [0.1, 0.15) is 22.5 Å². The van der Waals surface area contributed by atoms with Crippen molar-refractivity contribution >= 4 is 21.7 Å². The third-order valence-corrected chi connectivity index (χ3v) is 4.67. The van der Waals surface area contributed by atoms with E-state index in [0.717, 1.165) is 5.56 Å². The van der Waals surface area contributed by atoms with Crippen LogP contribution in [0.3, 0.4) is 0 Å². The number of fused-ring (bicyclic) bond motifs is 3. The summed E-state index contributed by atoms with van der Waals surface area (Å²) >= 11 is 0. The molecule has 0 amide bonds. The molecule has 0 bridgehead atoms. The molecule has 4 rings (SSSR count). The highest BCUT2D eigenvalue weighted by Gasteiger charge is 2.17. The first kappa shape index (κ1) is 17.8. The molecule has 2 aromatic heterocycles. The number of rotatable bonds is 4. The van der Waals surface area contributed by atoms with Crippen LogP contribution in [0.15, 0.2) is 62.5 Å². The third-order valence-electron chi connectivity index (χ3n) is 4.67. The number of hydrogen-bond donors (Lipinski definition) is 2. The number of aromatic hydroxyl groups is 1. The summed E-state index contributed by atoms with van der Waals surface area (Å²) in [6.45, 7) is -0.248. The van der Waals surface area contributed by atoms with E-state index in [4.69, 9.17) is 9.15 Å². The summed E-state index contributed by atoms with van der Waals surface area (Å²) in [6.07, 6.45) is 0. The summed E-state index contributed by atoms with van der Waals surface area (Å²) in [5, 5.41) is 20.0. The van der Waals surface area contributed by atoms with Gasteiger partial charge < -0.3 is 23.9 Å². The molecule has 0 fully saturated rings. The number of methoxy groups -OCH3 is 1. The van der Waals surface area contributed by atoms with Gasteiger partial charge in [-0.15, -0.1) is 0 Å². The molecule has 7 nitrogen and oxygen atoms in total. The zero-order valence-corrected chi connectivity index (χ0v) is 15.0.